The summed E-state index contributed by atoms with van der Waals surface area (Å²) in [5.41, 5.74) is 0. The van der Waals surface area contributed by atoms with Crippen LogP contribution >= 0.6 is 11.9 Å². The average Bonchev–Trinajstić information content (AvgIpc) is 2.06. The van der Waals surface area contributed by atoms with Gasteiger partial charge in [0.25, 0.3) is 0 Å². The molecule has 1 aromatic carbocycles. The molecule has 0 aliphatic rings. The van der Waals surface area contributed by atoms with Crippen molar-refractivity contribution in [2.75, 3.05) is 14.2 Å². The number of hydrogen-bond acceptors (Lipinski definition) is 3. The number of rotatable bonds is 3. The molecule has 0 atom stereocenters. The summed E-state index contributed by atoms with van der Waals surface area (Å²) >= 11 is 1.50. The third-order valence-corrected chi connectivity index (χ3v) is 1.89. The Morgan fingerprint density at radius 3 is 3.09 bits per heavy atom. The van der Waals surface area contributed by atoms with Gasteiger partial charge in [0.1, 0.15) is 0 Å². The Balaban J connectivity index is 2.83. The monoisotopic (exact) mass is 167 g/mol. The van der Waals surface area contributed by atoms with E-state index in [1.807, 2.05) is 19.2 Å². The third-order valence-electron chi connectivity index (χ3n) is 1.14. The molecule has 0 radical (unpaired) electrons. The lowest BCUT2D eigenvalue weighted by molar-refractivity contribution is 0.405. The minimum atomic E-state index is 0.729. The fourth-order valence-corrected chi connectivity index (χ4v) is 1.29. The Bertz CT molecular complexity index is 227. The Kier molecular flexibility index (Phi) is 3.09. The summed E-state index contributed by atoms with van der Waals surface area (Å²) in [6.07, 6.45) is 0. The Hall–Kier alpha value is -0.850. The molecule has 3 heteroatoms. The first-order chi connectivity index (χ1) is 5.38. The summed E-state index contributed by atoms with van der Waals surface area (Å²) < 4.78 is 8.01. The molecule has 1 N–H and O–H groups in total. The van der Waals surface area contributed by atoms with Crippen molar-refractivity contribution in [2.24, 2.45) is 0 Å². The molecule has 0 spiro atoms. The Morgan fingerprint density at radius 1 is 1.64 bits per heavy atom. The minimum absolute atomic E-state index is 0.729. The topological polar surface area (TPSA) is 21.3 Å². The van der Waals surface area contributed by atoms with Gasteiger partial charge in [-0.1, -0.05) is 6.07 Å². The van der Waals surface area contributed by atoms with E-state index in [1.165, 1.54) is 11.9 Å². The molecule has 1 aromatic rings. The van der Waals surface area contributed by atoms with E-state index in [1.54, 1.807) is 7.11 Å². The van der Waals surface area contributed by atoms with E-state index in [-0.39, 0.29) is 0 Å². The molecule has 11 heavy (non-hydrogen) atoms. The van der Waals surface area contributed by atoms with Crippen LogP contribution in [0.2, 0.25) is 0 Å². The summed E-state index contributed by atoms with van der Waals surface area (Å²) in [6, 6.07) is 9.42. The van der Waals surface area contributed by atoms with Crippen LogP contribution in [0.15, 0.2) is 17.0 Å². The van der Waals surface area contributed by atoms with E-state index >= 15 is 0 Å². The van der Waals surface area contributed by atoms with E-state index in [4.69, 9.17) is 4.74 Å². The summed E-state index contributed by atoms with van der Waals surface area (Å²) in [6.45, 7) is 0. The first-order valence-corrected chi connectivity index (χ1v) is 4.00. The SMILES string of the molecule is CNSc1ccc#cc1OC. The van der Waals surface area contributed by atoms with Gasteiger partial charge in [-0.05, 0) is 37.2 Å². The highest BCUT2D eigenvalue weighted by Crippen LogP contribution is 2.23. The van der Waals surface area contributed by atoms with Crippen molar-refractivity contribution in [3.05, 3.63) is 24.3 Å². The molecule has 0 fully saturated rings. The van der Waals surface area contributed by atoms with Gasteiger partial charge in [-0.25, -0.2) is 0 Å². The van der Waals surface area contributed by atoms with Gasteiger partial charge in [-0.3, -0.25) is 4.72 Å². The molecule has 0 aliphatic heterocycles. The van der Waals surface area contributed by atoms with Crippen molar-refractivity contribution in [3.8, 4) is 5.75 Å². The smallest absolute Gasteiger partial charge is 0.184 e. The molecule has 0 aliphatic carbocycles. The zero-order chi connectivity index (χ0) is 8.10. The number of nitrogens with one attached hydrogen (secondary N) is 1. The minimum Gasteiger partial charge on any atom is -0.488 e. The third kappa shape index (κ3) is 2.04. The molecule has 0 aromatic heterocycles. The second kappa shape index (κ2) is 4.12. The average molecular weight is 167 g/mol. The van der Waals surface area contributed by atoms with Gasteiger partial charge >= 0.3 is 0 Å². The number of ether oxygens (including phenoxy) is 1. The van der Waals surface area contributed by atoms with E-state index in [9.17, 15) is 0 Å². The van der Waals surface area contributed by atoms with Crippen LogP contribution in [-0.4, -0.2) is 14.2 Å². The van der Waals surface area contributed by atoms with Crippen molar-refractivity contribution in [3.63, 3.8) is 0 Å². The largest absolute Gasteiger partial charge is 0.488 e. The van der Waals surface area contributed by atoms with Crippen LogP contribution in [0, 0.1) is 12.1 Å². The highest BCUT2D eigenvalue weighted by atomic mass is 32.2. The molecule has 58 valence electrons. The van der Waals surface area contributed by atoms with Crippen LogP contribution in [0.5, 0.6) is 5.75 Å². The Morgan fingerprint density at radius 2 is 2.45 bits per heavy atom. The van der Waals surface area contributed by atoms with Crippen LogP contribution in [0.25, 0.3) is 0 Å². The van der Waals surface area contributed by atoms with Crippen LogP contribution in [0.1, 0.15) is 0 Å². The molecule has 0 heterocycles. The first-order valence-electron chi connectivity index (χ1n) is 3.18. The van der Waals surface area contributed by atoms with Gasteiger partial charge in [0.05, 0.1) is 12.0 Å². The maximum atomic E-state index is 5.05. The van der Waals surface area contributed by atoms with Crippen LogP contribution < -0.4 is 9.46 Å². The van der Waals surface area contributed by atoms with E-state index < -0.39 is 0 Å². The normalized spacial score (nSPS) is 8.91. The van der Waals surface area contributed by atoms with Crippen molar-refractivity contribution in [2.45, 2.75) is 4.90 Å². The van der Waals surface area contributed by atoms with Crippen molar-refractivity contribution in [1.29, 1.82) is 0 Å². The summed E-state index contributed by atoms with van der Waals surface area (Å²) in [7, 11) is 3.49. The van der Waals surface area contributed by atoms with Gasteiger partial charge in [-0.15, -0.1) is 0 Å². The van der Waals surface area contributed by atoms with Gasteiger partial charge in [-0.2, -0.15) is 0 Å². The second-order valence-electron chi connectivity index (χ2n) is 1.81. The van der Waals surface area contributed by atoms with E-state index in [2.05, 4.69) is 16.9 Å². The number of methoxy groups -OCH3 is 1. The van der Waals surface area contributed by atoms with Crippen LogP contribution in [0.4, 0.5) is 0 Å². The summed E-state index contributed by atoms with van der Waals surface area (Å²) in [5.74, 6) is 0.729. The molecule has 0 unspecified atom stereocenters. The van der Waals surface area contributed by atoms with Crippen LogP contribution in [-0.2, 0) is 0 Å². The van der Waals surface area contributed by atoms with Crippen molar-refractivity contribution in [1.82, 2.24) is 4.72 Å². The lowest BCUT2D eigenvalue weighted by Crippen LogP contribution is -1.92. The molecular formula is C8H9NOS. The molecular weight excluding hydrogens is 158 g/mol. The highest BCUT2D eigenvalue weighted by molar-refractivity contribution is 7.97. The van der Waals surface area contributed by atoms with Crippen LogP contribution in [0.3, 0.4) is 0 Å². The lowest BCUT2D eigenvalue weighted by atomic mass is 10.4. The lowest BCUT2D eigenvalue weighted by Gasteiger charge is -2.01. The molecule has 0 saturated heterocycles. The van der Waals surface area contributed by atoms with Gasteiger partial charge in [0, 0.05) is 0 Å². The molecule has 0 saturated carbocycles. The Labute approximate surface area is 71.1 Å². The standard InChI is InChI=1S/C8H9NOS/c1-9-11-8-6-4-3-5-7(8)10-2/h4,6,9H,1-2H3. The van der Waals surface area contributed by atoms with Crippen molar-refractivity contribution < 1.29 is 4.74 Å². The second-order valence-corrected chi connectivity index (χ2v) is 2.86. The van der Waals surface area contributed by atoms with E-state index in [0.29, 0.717) is 0 Å². The maximum absolute atomic E-state index is 5.05. The zero-order valence-electron chi connectivity index (χ0n) is 6.47. The predicted octanol–water partition coefficient (Wildman–Crippen LogP) is 1.52. The number of hydrogen-bond donors (Lipinski definition) is 1. The first kappa shape index (κ1) is 8.25. The van der Waals surface area contributed by atoms with E-state index in [0.717, 1.165) is 10.6 Å². The van der Waals surface area contributed by atoms with Gasteiger partial charge in [0.2, 0.25) is 0 Å². The van der Waals surface area contributed by atoms with Gasteiger partial charge < -0.3 is 4.74 Å². The molecule has 2 nitrogen and oxygen atoms in total. The predicted molar refractivity (Wildman–Crippen MR) is 45.6 cm³/mol. The highest BCUT2D eigenvalue weighted by Gasteiger charge is 1.98. The fraction of sp³-hybridized carbons (Fsp3) is 0.250. The molecule has 0 bridgehead atoms. The maximum Gasteiger partial charge on any atom is 0.184 e. The molecule has 0 amide bonds. The van der Waals surface area contributed by atoms with Crippen molar-refractivity contribution >= 4 is 11.9 Å². The summed E-state index contributed by atoms with van der Waals surface area (Å²) in [4.78, 5) is 1.02. The zero-order valence-corrected chi connectivity index (χ0v) is 7.29. The summed E-state index contributed by atoms with van der Waals surface area (Å²) in [5, 5.41) is 0. The van der Waals surface area contributed by atoms with Gasteiger partial charge in [0.15, 0.2) is 5.75 Å². The quantitative estimate of drug-likeness (QED) is 0.690. The molecule has 1 rings (SSSR count). The fourth-order valence-electron chi connectivity index (χ4n) is 0.704.